The van der Waals surface area contributed by atoms with Gasteiger partial charge in [0.05, 0.1) is 30.9 Å². The molecule has 3 fully saturated rings. The Hall–Kier alpha value is -1.09. The van der Waals surface area contributed by atoms with Crippen molar-refractivity contribution in [1.82, 2.24) is 0 Å². The largest absolute Gasteiger partial charge is 0.481 e. The molecular formula is C30H61N5O11. The lowest BCUT2D eigenvalue weighted by atomic mass is 9.84. The zero-order valence-corrected chi connectivity index (χ0v) is 27.1. The Morgan fingerprint density at radius 3 is 1.76 bits per heavy atom. The second kappa shape index (κ2) is 21.1. The molecule has 272 valence electrons. The highest BCUT2D eigenvalue weighted by Crippen LogP contribution is 2.30. The van der Waals surface area contributed by atoms with Crippen LogP contribution in [0.3, 0.4) is 0 Å². The van der Waals surface area contributed by atoms with Crippen LogP contribution in [0.15, 0.2) is 0 Å². The van der Waals surface area contributed by atoms with E-state index < -0.39 is 98.2 Å². The van der Waals surface area contributed by atoms with Gasteiger partial charge in [-0.3, -0.25) is 4.79 Å². The summed E-state index contributed by atoms with van der Waals surface area (Å²) in [5, 5.41) is 59.1. The minimum absolute atomic E-state index is 0.0542. The van der Waals surface area contributed by atoms with E-state index in [0.29, 0.717) is 6.42 Å². The van der Waals surface area contributed by atoms with Crippen molar-refractivity contribution in [3.05, 3.63) is 0 Å². The number of carbonyl (C=O) groups is 1. The predicted octanol–water partition coefficient (Wildman–Crippen LogP) is -2.30. The van der Waals surface area contributed by atoms with Crippen molar-refractivity contribution in [2.75, 3.05) is 13.2 Å². The third kappa shape index (κ3) is 12.4. The van der Waals surface area contributed by atoms with Crippen molar-refractivity contribution in [2.24, 2.45) is 28.7 Å². The van der Waals surface area contributed by atoms with Gasteiger partial charge in [-0.05, 0) is 19.3 Å². The van der Waals surface area contributed by atoms with Crippen LogP contribution in [-0.2, 0) is 23.7 Å². The summed E-state index contributed by atoms with van der Waals surface area (Å²) in [7, 11) is 0. The first-order chi connectivity index (χ1) is 21.9. The topological polar surface area (TPSA) is 305 Å². The van der Waals surface area contributed by atoms with Crippen LogP contribution in [0.2, 0.25) is 0 Å². The molecule has 0 amide bonds. The summed E-state index contributed by atoms with van der Waals surface area (Å²) >= 11 is 0. The number of aliphatic hydroxyl groups is 5. The van der Waals surface area contributed by atoms with E-state index in [2.05, 4.69) is 6.92 Å². The van der Waals surface area contributed by atoms with Crippen LogP contribution >= 0.6 is 0 Å². The minimum atomic E-state index is -1.44. The number of hydrogen-bond acceptors (Lipinski definition) is 15. The number of unbranched alkanes of at least 4 members (excludes halogenated alkanes) is 8. The molecule has 16 N–H and O–H groups in total. The molecule has 2 aliphatic heterocycles. The molecule has 0 radical (unpaired) electrons. The van der Waals surface area contributed by atoms with Gasteiger partial charge in [-0.1, -0.05) is 58.3 Å². The molecule has 3 aliphatic rings. The Bertz CT molecular complexity index is 849. The van der Waals surface area contributed by atoms with Gasteiger partial charge < -0.3 is 78.3 Å². The zero-order valence-electron chi connectivity index (χ0n) is 27.1. The first-order valence-corrected chi connectivity index (χ1v) is 16.7. The molecule has 0 unspecified atom stereocenters. The molecule has 16 heteroatoms. The molecule has 2 saturated heterocycles. The number of nitrogens with two attached hydrogens (primary N) is 5. The summed E-state index contributed by atoms with van der Waals surface area (Å²) < 4.78 is 22.7. The molecule has 0 bridgehead atoms. The van der Waals surface area contributed by atoms with Crippen molar-refractivity contribution in [2.45, 2.75) is 170 Å². The molecule has 46 heavy (non-hydrogen) atoms. The maximum Gasteiger partial charge on any atom is 0.303 e. The van der Waals surface area contributed by atoms with Gasteiger partial charge in [0, 0.05) is 25.0 Å². The first-order valence-electron chi connectivity index (χ1n) is 16.7. The quantitative estimate of drug-likeness (QED) is 0.0771. The number of hydrogen-bond donors (Lipinski definition) is 11. The molecule has 3 rings (SSSR count). The van der Waals surface area contributed by atoms with Gasteiger partial charge >= 0.3 is 5.97 Å². The Balaban J connectivity index is 0.000000444. The van der Waals surface area contributed by atoms with E-state index in [-0.39, 0.29) is 19.4 Å². The van der Waals surface area contributed by atoms with Crippen LogP contribution < -0.4 is 28.7 Å². The van der Waals surface area contributed by atoms with Crippen molar-refractivity contribution in [3.8, 4) is 0 Å². The van der Waals surface area contributed by atoms with Crippen molar-refractivity contribution < 1.29 is 54.4 Å². The summed E-state index contributed by atoms with van der Waals surface area (Å²) in [6.45, 7) is 1.73. The third-order valence-corrected chi connectivity index (χ3v) is 8.91. The van der Waals surface area contributed by atoms with Gasteiger partial charge in [0.25, 0.3) is 0 Å². The monoisotopic (exact) mass is 667 g/mol. The number of carboxylic acid groups (broad SMARTS) is 1. The third-order valence-electron chi connectivity index (χ3n) is 8.91. The smallest absolute Gasteiger partial charge is 0.303 e. The lowest BCUT2D eigenvalue weighted by molar-refractivity contribution is -0.314. The van der Waals surface area contributed by atoms with Crippen LogP contribution in [-0.4, -0.2) is 135 Å². The molecule has 0 aromatic heterocycles. The van der Waals surface area contributed by atoms with E-state index in [1.165, 1.54) is 44.9 Å². The van der Waals surface area contributed by atoms with Crippen LogP contribution in [0.1, 0.15) is 84.0 Å². The average molecular weight is 668 g/mol. The fourth-order valence-corrected chi connectivity index (χ4v) is 6.01. The van der Waals surface area contributed by atoms with Crippen LogP contribution in [0.5, 0.6) is 0 Å². The lowest BCUT2D eigenvalue weighted by Crippen LogP contribution is -2.68. The Morgan fingerprint density at radius 2 is 1.24 bits per heavy atom. The van der Waals surface area contributed by atoms with Gasteiger partial charge in [0.15, 0.2) is 12.6 Å². The van der Waals surface area contributed by atoms with Gasteiger partial charge in [-0.15, -0.1) is 0 Å². The summed E-state index contributed by atoms with van der Waals surface area (Å²) in [5.41, 5.74) is 29.8. The second-order valence-corrected chi connectivity index (χ2v) is 12.8. The van der Waals surface area contributed by atoms with Crippen molar-refractivity contribution in [1.29, 1.82) is 0 Å². The normalized spacial score (nSPS) is 39.8. The summed E-state index contributed by atoms with van der Waals surface area (Å²) in [6.07, 6.45) is 0.714. The fraction of sp³-hybridized carbons (Fsp3) is 0.967. The van der Waals surface area contributed by atoms with E-state index in [4.69, 9.17) is 52.7 Å². The molecular weight excluding hydrogens is 606 g/mol. The molecule has 0 aromatic rings. The molecule has 14 atom stereocenters. The number of carboxylic acids is 1. The average Bonchev–Trinajstić information content (AvgIpc) is 3.01. The SMILES string of the molecule is CCCCCCCCCCCC(=O)O.NC[C@H]1O[C@H](O[C@H]2[C@H](O)[C@@H](O[C@H]3O[C@H](CO)[C@@H](O)[C@H](N)[C@H]3O)[C@H](N)C[C@@H]2N)[C@H](N)C[C@@H]1O. The first kappa shape index (κ1) is 41.1. The van der Waals surface area contributed by atoms with E-state index in [1.54, 1.807) is 0 Å². The van der Waals surface area contributed by atoms with Crippen molar-refractivity contribution in [3.63, 3.8) is 0 Å². The number of aliphatic carboxylic acids is 1. The fourth-order valence-electron chi connectivity index (χ4n) is 6.01. The maximum atomic E-state index is 11.0. The standard InChI is InChI=1S/C18H37N5O9.C12H24O2/c19-3-9-8(25)2-7(22)17(29-9)31-15-5(20)1-6(21)16(14(15)28)32-18-13(27)11(23)12(26)10(4-24)30-18;1-2-3-4-5-6-7-8-9-10-11-12(13)14/h5-18,24-28H,1-4,19-23H2;2-11H2,1H3,(H,13,14)/t5-,6+,7+,8-,9+,10+,11-,12+,13+,14-,15+,16-,17+,18+;/m0./s1. The maximum absolute atomic E-state index is 11.0. The highest BCUT2D eigenvalue weighted by atomic mass is 16.7. The van der Waals surface area contributed by atoms with Gasteiger partial charge in [0.2, 0.25) is 0 Å². The molecule has 1 aliphatic carbocycles. The predicted molar refractivity (Wildman–Crippen MR) is 168 cm³/mol. The van der Waals surface area contributed by atoms with E-state index >= 15 is 0 Å². The Kier molecular flexibility index (Phi) is 18.8. The van der Waals surface area contributed by atoms with E-state index in [9.17, 15) is 30.3 Å². The van der Waals surface area contributed by atoms with Gasteiger partial charge in [0.1, 0.15) is 36.6 Å². The lowest BCUT2D eigenvalue weighted by Gasteiger charge is -2.47. The van der Waals surface area contributed by atoms with Gasteiger partial charge in [-0.2, -0.15) is 0 Å². The number of ether oxygens (including phenoxy) is 4. The summed E-state index contributed by atoms with van der Waals surface area (Å²) in [5.74, 6) is -0.659. The van der Waals surface area contributed by atoms with Crippen LogP contribution in [0, 0.1) is 0 Å². The molecule has 2 heterocycles. The van der Waals surface area contributed by atoms with Crippen molar-refractivity contribution >= 4 is 5.97 Å². The van der Waals surface area contributed by atoms with Gasteiger partial charge in [-0.25, -0.2) is 0 Å². The summed E-state index contributed by atoms with van der Waals surface area (Å²) in [4.78, 5) is 10.2. The summed E-state index contributed by atoms with van der Waals surface area (Å²) in [6, 6.07) is -3.27. The van der Waals surface area contributed by atoms with E-state index in [1.807, 2.05) is 0 Å². The zero-order chi connectivity index (χ0) is 34.4. The highest BCUT2D eigenvalue weighted by Gasteiger charge is 2.50. The molecule has 0 spiro atoms. The van der Waals surface area contributed by atoms with Crippen LogP contribution in [0.25, 0.3) is 0 Å². The number of rotatable bonds is 16. The molecule has 0 aromatic carbocycles. The minimum Gasteiger partial charge on any atom is -0.481 e. The second-order valence-electron chi connectivity index (χ2n) is 12.8. The molecule has 1 saturated carbocycles. The molecule has 16 nitrogen and oxygen atoms in total. The van der Waals surface area contributed by atoms with E-state index in [0.717, 1.165) is 12.8 Å². The number of aliphatic hydroxyl groups excluding tert-OH is 5. The van der Waals surface area contributed by atoms with Crippen LogP contribution in [0.4, 0.5) is 0 Å². The Morgan fingerprint density at radius 1 is 0.717 bits per heavy atom. The highest BCUT2D eigenvalue weighted by molar-refractivity contribution is 5.66. The Labute approximate surface area is 271 Å².